The number of benzene rings is 1. The minimum Gasteiger partial charge on any atom is -0.465 e. The Labute approximate surface area is 177 Å². The van der Waals surface area contributed by atoms with Gasteiger partial charge in [-0.1, -0.05) is 42.1 Å². The maximum Gasteiger partial charge on any atom is 0.341 e. The van der Waals surface area contributed by atoms with Gasteiger partial charge < -0.3 is 14.6 Å². The number of rotatable bonds is 7. The molecule has 0 unspecified atom stereocenters. The van der Waals surface area contributed by atoms with Crippen molar-refractivity contribution in [3.63, 3.8) is 0 Å². The number of anilines is 1. The van der Waals surface area contributed by atoms with Crippen LogP contribution in [0.5, 0.6) is 0 Å². The van der Waals surface area contributed by atoms with Gasteiger partial charge >= 0.3 is 5.97 Å². The highest BCUT2D eigenvalue weighted by Gasteiger charge is 2.22. The van der Waals surface area contributed by atoms with Crippen LogP contribution in [0.2, 0.25) is 0 Å². The molecule has 0 aliphatic carbocycles. The van der Waals surface area contributed by atoms with Crippen molar-refractivity contribution in [2.24, 2.45) is 0 Å². The Morgan fingerprint density at radius 2 is 1.93 bits per heavy atom. The molecule has 0 bridgehead atoms. The number of methoxy groups -OCH3 is 1. The summed E-state index contributed by atoms with van der Waals surface area (Å²) in [7, 11) is 1.33. The molecule has 1 N–H and O–H groups in total. The summed E-state index contributed by atoms with van der Waals surface area (Å²) in [5.41, 5.74) is 2.21. The zero-order valence-electron chi connectivity index (χ0n) is 16.7. The minimum atomic E-state index is -0.451. The summed E-state index contributed by atoms with van der Waals surface area (Å²) in [5.74, 6) is 0.263. The van der Waals surface area contributed by atoms with Gasteiger partial charge in [0.1, 0.15) is 5.00 Å². The Kier molecular flexibility index (Phi) is 6.71. The molecule has 0 aliphatic rings. The summed E-state index contributed by atoms with van der Waals surface area (Å²) < 4.78 is 6.83. The monoisotopic (exact) mass is 430 g/mol. The number of ether oxygens (including phenoxy) is 1. The lowest BCUT2D eigenvalue weighted by atomic mass is 10.1. The van der Waals surface area contributed by atoms with Gasteiger partial charge in [0, 0.05) is 17.0 Å². The van der Waals surface area contributed by atoms with Crippen molar-refractivity contribution in [2.75, 3.05) is 18.2 Å². The maximum absolute atomic E-state index is 12.5. The lowest BCUT2D eigenvalue weighted by molar-refractivity contribution is -0.113. The van der Waals surface area contributed by atoms with Gasteiger partial charge in [0.05, 0.1) is 18.4 Å². The van der Waals surface area contributed by atoms with Crippen molar-refractivity contribution in [3.8, 4) is 11.4 Å². The predicted molar refractivity (Wildman–Crippen MR) is 116 cm³/mol. The van der Waals surface area contributed by atoms with Crippen LogP contribution in [0.15, 0.2) is 35.5 Å². The molecular weight excluding hydrogens is 408 g/mol. The number of aromatic nitrogens is 3. The van der Waals surface area contributed by atoms with Crippen LogP contribution in [0.25, 0.3) is 11.4 Å². The number of hydrogen-bond donors (Lipinski definition) is 1. The van der Waals surface area contributed by atoms with Gasteiger partial charge in [-0.25, -0.2) is 4.79 Å². The first-order valence-corrected chi connectivity index (χ1v) is 10.9. The molecule has 3 aromatic rings. The number of hydrogen-bond acceptors (Lipinski definition) is 7. The molecule has 0 saturated carbocycles. The summed E-state index contributed by atoms with van der Waals surface area (Å²) >= 11 is 2.68. The fraction of sp³-hybridized carbons (Fsp3) is 0.300. The second kappa shape index (κ2) is 9.23. The van der Waals surface area contributed by atoms with E-state index in [9.17, 15) is 9.59 Å². The number of nitrogens with zero attached hydrogens (tertiary/aromatic N) is 3. The molecule has 9 heteroatoms. The lowest BCUT2D eigenvalue weighted by Gasteiger charge is -2.08. The van der Waals surface area contributed by atoms with Gasteiger partial charge in [-0.05, 0) is 26.3 Å². The van der Waals surface area contributed by atoms with E-state index in [0.29, 0.717) is 22.3 Å². The average Bonchev–Trinajstić information content (AvgIpc) is 3.26. The molecule has 1 amide bonds. The molecule has 0 aliphatic heterocycles. The van der Waals surface area contributed by atoms with Crippen LogP contribution in [0.1, 0.15) is 27.7 Å². The smallest absolute Gasteiger partial charge is 0.341 e. The van der Waals surface area contributed by atoms with Crippen molar-refractivity contribution >= 4 is 40.0 Å². The van der Waals surface area contributed by atoms with Crippen LogP contribution in [-0.4, -0.2) is 39.5 Å². The van der Waals surface area contributed by atoms with Crippen LogP contribution in [-0.2, 0) is 16.1 Å². The third-order valence-corrected chi connectivity index (χ3v) is 6.51. The molecule has 0 fully saturated rings. The van der Waals surface area contributed by atoms with Crippen LogP contribution in [0.3, 0.4) is 0 Å². The first kappa shape index (κ1) is 21.1. The number of thioether (sulfide) groups is 1. The van der Waals surface area contributed by atoms with Crippen LogP contribution in [0, 0.1) is 13.8 Å². The van der Waals surface area contributed by atoms with Crippen molar-refractivity contribution in [2.45, 2.75) is 32.5 Å². The van der Waals surface area contributed by atoms with E-state index in [0.717, 1.165) is 21.8 Å². The van der Waals surface area contributed by atoms with Crippen molar-refractivity contribution in [1.29, 1.82) is 0 Å². The molecule has 1 aromatic carbocycles. The summed E-state index contributed by atoms with van der Waals surface area (Å²) in [5, 5.41) is 12.5. The van der Waals surface area contributed by atoms with Gasteiger partial charge in [-0.15, -0.1) is 21.5 Å². The first-order chi connectivity index (χ1) is 14.0. The predicted octanol–water partition coefficient (Wildman–Crippen LogP) is 4.16. The van der Waals surface area contributed by atoms with Crippen molar-refractivity contribution in [3.05, 3.63) is 46.3 Å². The summed E-state index contributed by atoms with van der Waals surface area (Å²) in [6.45, 7) is 6.46. The van der Waals surface area contributed by atoms with Crippen molar-refractivity contribution < 1.29 is 14.3 Å². The third kappa shape index (κ3) is 4.51. The van der Waals surface area contributed by atoms with E-state index in [-0.39, 0.29) is 11.7 Å². The van der Waals surface area contributed by atoms with Crippen LogP contribution >= 0.6 is 23.1 Å². The summed E-state index contributed by atoms with van der Waals surface area (Å²) in [4.78, 5) is 25.5. The number of carbonyl (C=O) groups excluding carboxylic acids is 2. The molecule has 0 radical (unpaired) electrons. The number of nitrogens with one attached hydrogen (secondary N) is 1. The van der Waals surface area contributed by atoms with E-state index in [1.807, 2.05) is 55.7 Å². The standard InChI is InChI=1S/C20H22N4O3S2/c1-5-24-17(14-9-7-6-8-10-14)22-23-20(24)28-11-15(25)21-18-16(19(26)27-4)12(2)13(3)29-18/h6-10H,5,11H2,1-4H3,(H,21,25). The quantitative estimate of drug-likeness (QED) is 0.447. The third-order valence-electron chi connectivity index (χ3n) is 4.43. The van der Waals surface area contributed by atoms with Gasteiger partial charge in [-0.3, -0.25) is 4.79 Å². The SMILES string of the molecule is CCn1c(SCC(=O)Nc2sc(C)c(C)c2C(=O)OC)nnc1-c1ccccc1. The molecular formula is C20H22N4O3S2. The van der Waals surface area contributed by atoms with Crippen LogP contribution < -0.4 is 5.32 Å². The van der Waals surface area contributed by atoms with Crippen molar-refractivity contribution in [1.82, 2.24) is 14.8 Å². The second-order valence-electron chi connectivity index (χ2n) is 6.23. The number of esters is 1. The largest absolute Gasteiger partial charge is 0.465 e. The topological polar surface area (TPSA) is 86.1 Å². The maximum atomic E-state index is 12.5. The van der Waals surface area contributed by atoms with Crippen LogP contribution in [0.4, 0.5) is 5.00 Å². The molecule has 2 aromatic heterocycles. The zero-order chi connectivity index (χ0) is 21.0. The minimum absolute atomic E-state index is 0.156. The number of amides is 1. The normalized spacial score (nSPS) is 10.8. The highest BCUT2D eigenvalue weighted by Crippen LogP contribution is 2.33. The molecule has 7 nitrogen and oxygen atoms in total. The molecule has 0 atom stereocenters. The first-order valence-electron chi connectivity index (χ1n) is 9.05. The van der Waals surface area contributed by atoms with Gasteiger partial charge in [0.25, 0.3) is 0 Å². The van der Waals surface area contributed by atoms with E-state index in [2.05, 4.69) is 15.5 Å². The lowest BCUT2D eigenvalue weighted by Crippen LogP contribution is -2.16. The summed E-state index contributed by atoms with van der Waals surface area (Å²) in [6, 6.07) is 9.81. The van der Waals surface area contributed by atoms with E-state index in [1.54, 1.807) is 0 Å². The molecule has 0 saturated heterocycles. The van der Waals surface area contributed by atoms with E-state index < -0.39 is 5.97 Å². The van der Waals surface area contributed by atoms with E-state index in [1.165, 1.54) is 30.2 Å². The number of aryl methyl sites for hydroxylation is 1. The van der Waals surface area contributed by atoms with E-state index >= 15 is 0 Å². The van der Waals surface area contributed by atoms with Gasteiger partial charge in [0.2, 0.25) is 5.91 Å². The highest BCUT2D eigenvalue weighted by molar-refractivity contribution is 7.99. The average molecular weight is 431 g/mol. The number of thiophene rings is 1. The molecule has 152 valence electrons. The molecule has 2 heterocycles. The van der Waals surface area contributed by atoms with Gasteiger partial charge in [-0.2, -0.15) is 0 Å². The Bertz CT molecular complexity index is 1030. The molecule has 3 rings (SSSR count). The highest BCUT2D eigenvalue weighted by atomic mass is 32.2. The second-order valence-corrected chi connectivity index (χ2v) is 8.40. The Balaban J connectivity index is 1.72. The number of carbonyl (C=O) groups is 2. The fourth-order valence-corrected chi connectivity index (χ4v) is 4.70. The Morgan fingerprint density at radius 3 is 2.59 bits per heavy atom. The van der Waals surface area contributed by atoms with E-state index in [4.69, 9.17) is 4.74 Å². The van der Waals surface area contributed by atoms with Gasteiger partial charge in [0.15, 0.2) is 11.0 Å². The Hall–Kier alpha value is -2.65. The molecule has 0 spiro atoms. The summed E-state index contributed by atoms with van der Waals surface area (Å²) in [6.07, 6.45) is 0. The fourth-order valence-electron chi connectivity index (χ4n) is 2.84. The molecule has 29 heavy (non-hydrogen) atoms. The zero-order valence-corrected chi connectivity index (χ0v) is 18.3. The Morgan fingerprint density at radius 1 is 1.21 bits per heavy atom.